The second kappa shape index (κ2) is 4.34. The maximum atomic E-state index is 11.6. The number of aromatic nitrogens is 2. The predicted octanol–water partition coefficient (Wildman–Crippen LogP) is 0.402. The van der Waals surface area contributed by atoms with E-state index in [4.69, 9.17) is 4.74 Å². The molecule has 0 aliphatic carbocycles. The summed E-state index contributed by atoms with van der Waals surface area (Å²) in [5.41, 5.74) is 0. The van der Waals surface area contributed by atoms with Crippen molar-refractivity contribution in [3.63, 3.8) is 0 Å². The van der Waals surface area contributed by atoms with Gasteiger partial charge in [-0.05, 0) is 0 Å². The van der Waals surface area contributed by atoms with E-state index in [1.54, 1.807) is 4.90 Å². The van der Waals surface area contributed by atoms with Crippen LogP contribution in [0.1, 0.15) is 0 Å². The van der Waals surface area contributed by atoms with E-state index in [-0.39, 0.29) is 6.03 Å². The first-order valence-electron chi connectivity index (χ1n) is 4.27. The summed E-state index contributed by atoms with van der Waals surface area (Å²) >= 11 is 1.07. The van der Waals surface area contributed by atoms with Crippen LogP contribution in [0.25, 0.3) is 0 Å². The Morgan fingerprint density at radius 2 is 2.36 bits per heavy atom. The number of hydrogen-bond donors (Lipinski definition) is 1. The fraction of sp³-hybridized carbons (Fsp3) is 0.571. The van der Waals surface area contributed by atoms with Crippen molar-refractivity contribution in [3.8, 4) is 0 Å². The molecule has 0 spiro atoms. The summed E-state index contributed by atoms with van der Waals surface area (Å²) in [5.74, 6) is 0.506. The van der Waals surface area contributed by atoms with E-state index in [9.17, 15) is 4.79 Å². The van der Waals surface area contributed by atoms with E-state index >= 15 is 0 Å². The number of nitrogens with zero attached hydrogens (tertiary/aromatic N) is 3. The van der Waals surface area contributed by atoms with Crippen LogP contribution in [0.15, 0.2) is 6.20 Å². The smallest absolute Gasteiger partial charge is 0.323 e. The van der Waals surface area contributed by atoms with E-state index in [1.807, 2.05) is 0 Å². The van der Waals surface area contributed by atoms with Crippen LogP contribution in [0.3, 0.4) is 0 Å². The molecular weight excluding hydrogens is 204 g/mol. The third kappa shape index (κ3) is 2.18. The van der Waals surface area contributed by atoms with Gasteiger partial charge in [-0.1, -0.05) is 0 Å². The van der Waals surface area contributed by atoms with E-state index in [0.29, 0.717) is 32.1 Å². The van der Waals surface area contributed by atoms with Gasteiger partial charge >= 0.3 is 6.03 Å². The van der Waals surface area contributed by atoms with Crippen molar-refractivity contribution in [2.45, 2.75) is 0 Å². The highest BCUT2D eigenvalue weighted by molar-refractivity contribution is 6.99. The molecule has 0 bridgehead atoms. The maximum absolute atomic E-state index is 11.6. The van der Waals surface area contributed by atoms with Crippen molar-refractivity contribution < 1.29 is 9.53 Å². The number of ether oxygens (including phenoxy) is 1. The molecule has 1 saturated heterocycles. The number of carbonyl (C=O) groups excluding carboxylic acids is 1. The molecule has 1 N–H and O–H groups in total. The average molecular weight is 214 g/mol. The highest BCUT2D eigenvalue weighted by Crippen LogP contribution is 2.05. The molecule has 14 heavy (non-hydrogen) atoms. The summed E-state index contributed by atoms with van der Waals surface area (Å²) in [6.45, 7) is 2.46. The molecule has 1 fully saturated rings. The van der Waals surface area contributed by atoms with Gasteiger partial charge in [-0.15, -0.1) is 0 Å². The molecule has 7 heteroatoms. The number of nitrogens with one attached hydrogen (secondary N) is 1. The predicted molar refractivity (Wildman–Crippen MR) is 51.3 cm³/mol. The zero-order valence-corrected chi connectivity index (χ0v) is 8.29. The molecule has 0 saturated carbocycles. The highest BCUT2D eigenvalue weighted by Gasteiger charge is 2.17. The molecule has 1 aromatic rings. The average Bonchev–Trinajstić information content (AvgIpc) is 2.72. The minimum atomic E-state index is -0.138. The van der Waals surface area contributed by atoms with Crippen molar-refractivity contribution in [1.82, 2.24) is 13.6 Å². The number of morpholine rings is 1. The normalized spacial score (nSPS) is 16.7. The highest BCUT2D eigenvalue weighted by atomic mass is 32.1. The van der Waals surface area contributed by atoms with Gasteiger partial charge in [0.1, 0.15) is 0 Å². The van der Waals surface area contributed by atoms with Gasteiger partial charge in [-0.3, -0.25) is 5.32 Å². The second-order valence-electron chi connectivity index (χ2n) is 2.82. The minimum absolute atomic E-state index is 0.138. The van der Waals surface area contributed by atoms with Crippen LogP contribution in [-0.4, -0.2) is 46.0 Å². The van der Waals surface area contributed by atoms with Gasteiger partial charge < -0.3 is 9.64 Å². The van der Waals surface area contributed by atoms with Crippen molar-refractivity contribution in [2.24, 2.45) is 0 Å². The monoisotopic (exact) mass is 214 g/mol. The van der Waals surface area contributed by atoms with Gasteiger partial charge in [-0.2, -0.15) is 8.75 Å². The van der Waals surface area contributed by atoms with E-state index in [2.05, 4.69) is 14.1 Å². The zero-order valence-electron chi connectivity index (χ0n) is 7.47. The standard InChI is InChI=1S/C7H10N4O2S/c12-7(9-6-5-8-14-10-6)11-1-3-13-4-2-11/h5H,1-4H2,(H,9,10,12). The van der Waals surface area contributed by atoms with Gasteiger partial charge in [0.25, 0.3) is 0 Å². The lowest BCUT2D eigenvalue weighted by Crippen LogP contribution is -2.43. The summed E-state index contributed by atoms with van der Waals surface area (Å²) in [5, 5.41) is 2.66. The number of anilines is 1. The SMILES string of the molecule is O=C(Nc1cnsn1)N1CCOCC1. The number of hydrogen-bond acceptors (Lipinski definition) is 5. The van der Waals surface area contributed by atoms with Gasteiger partial charge in [-0.25, -0.2) is 4.79 Å². The summed E-state index contributed by atoms with van der Waals surface area (Å²) < 4.78 is 12.8. The number of urea groups is 1. The Balaban J connectivity index is 1.88. The lowest BCUT2D eigenvalue weighted by molar-refractivity contribution is 0.0564. The molecule has 1 aromatic heterocycles. The Morgan fingerprint density at radius 1 is 1.57 bits per heavy atom. The molecule has 2 amide bonds. The van der Waals surface area contributed by atoms with Crippen LogP contribution in [0.4, 0.5) is 10.6 Å². The van der Waals surface area contributed by atoms with Gasteiger partial charge in [0.2, 0.25) is 0 Å². The Hall–Kier alpha value is -1.21. The molecule has 2 rings (SSSR count). The lowest BCUT2D eigenvalue weighted by Gasteiger charge is -2.26. The van der Waals surface area contributed by atoms with E-state index in [1.165, 1.54) is 6.20 Å². The summed E-state index contributed by atoms with van der Waals surface area (Å²) in [6, 6.07) is -0.138. The Labute approximate surface area is 85.2 Å². The van der Waals surface area contributed by atoms with Gasteiger partial charge in [0.05, 0.1) is 31.1 Å². The van der Waals surface area contributed by atoms with Crippen molar-refractivity contribution in [3.05, 3.63) is 6.20 Å². The molecular formula is C7H10N4O2S. The molecule has 1 aliphatic heterocycles. The van der Waals surface area contributed by atoms with E-state index in [0.717, 1.165) is 11.7 Å². The minimum Gasteiger partial charge on any atom is -0.378 e. The van der Waals surface area contributed by atoms with Crippen LogP contribution in [0, 0.1) is 0 Å². The van der Waals surface area contributed by atoms with Crippen LogP contribution in [-0.2, 0) is 4.74 Å². The molecule has 0 atom stereocenters. The molecule has 0 aromatic carbocycles. The van der Waals surface area contributed by atoms with Gasteiger partial charge in [0, 0.05) is 13.1 Å². The first-order valence-corrected chi connectivity index (χ1v) is 5.00. The Morgan fingerprint density at radius 3 is 3.00 bits per heavy atom. The third-order valence-electron chi connectivity index (χ3n) is 1.89. The zero-order chi connectivity index (χ0) is 9.80. The van der Waals surface area contributed by atoms with Crippen LogP contribution in [0.5, 0.6) is 0 Å². The van der Waals surface area contributed by atoms with Crippen LogP contribution < -0.4 is 5.32 Å². The van der Waals surface area contributed by atoms with Crippen molar-refractivity contribution >= 4 is 23.6 Å². The van der Waals surface area contributed by atoms with Crippen molar-refractivity contribution in [1.29, 1.82) is 0 Å². The topological polar surface area (TPSA) is 67.4 Å². The first-order chi connectivity index (χ1) is 6.86. The van der Waals surface area contributed by atoms with Crippen LogP contribution >= 0.6 is 11.7 Å². The summed E-state index contributed by atoms with van der Waals surface area (Å²) in [4.78, 5) is 13.3. The lowest BCUT2D eigenvalue weighted by atomic mass is 10.4. The Kier molecular flexibility index (Phi) is 2.90. The summed E-state index contributed by atoms with van der Waals surface area (Å²) in [6.07, 6.45) is 1.53. The van der Waals surface area contributed by atoms with Crippen molar-refractivity contribution in [2.75, 3.05) is 31.6 Å². The third-order valence-corrected chi connectivity index (χ3v) is 2.37. The van der Waals surface area contributed by atoms with E-state index < -0.39 is 0 Å². The molecule has 1 aliphatic rings. The first kappa shape index (κ1) is 9.35. The number of rotatable bonds is 1. The molecule has 76 valence electrons. The number of amides is 2. The Bertz CT molecular complexity index is 297. The summed E-state index contributed by atoms with van der Waals surface area (Å²) in [7, 11) is 0. The largest absolute Gasteiger partial charge is 0.378 e. The number of carbonyl (C=O) groups is 1. The molecule has 6 nitrogen and oxygen atoms in total. The fourth-order valence-electron chi connectivity index (χ4n) is 1.17. The second-order valence-corrected chi connectivity index (χ2v) is 3.38. The molecule has 0 radical (unpaired) electrons. The quantitative estimate of drug-likeness (QED) is 0.735. The fourth-order valence-corrected chi connectivity index (χ4v) is 1.55. The maximum Gasteiger partial charge on any atom is 0.323 e. The molecule has 2 heterocycles. The van der Waals surface area contributed by atoms with Gasteiger partial charge in [0.15, 0.2) is 5.82 Å². The van der Waals surface area contributed by atoms with Crippen LogP contribution in [0.2, 0.25) is 0 Å². The molecule has 0 unspecified atom stereocenters.